The maximum atomic E-state index is 11.1. The molecule has 29 heavy (non-hydrogen) atoms. The average Bonchev–Trinajstić information content (AvgIpc) is 2.74. The minimum atomic E-state index is -0.429. The van der Waals surface area contributed by atoms with Crippen molar-refractivity contribution in [2.45, 2.75) is 15.5 Å². The topological polar surface area (TPSA) is 93.9 Å². The van der Waals surface area contributed by atoms with E-state index in [0.717, 1.165) is 15.4 Å². The fourth-order valence-electron chi connectivity index (χ4n) is 2.37. The van der Waals surface area contributed by atoms with Gasteiger partial charge < -0.3 is 5.73 Å². The Kier molecular flexibility index (Phi) is 7.43. The minimum Gasteiger partial charge on any atom is -0.377 e. The molecule has 0 unspecified atom stereocenters. The lowest BCUT2D eigenvalue weighted by Gasteiger charge is -2.05. The lowest BCUT2D eigenvalue weighted by molar-refractivity contribution is -0.384. The van der Waals surface area contributed by atoms with Crippen molar-refractivity contribution in [3.63, 3.8) is 0 Å². The van der Waals surface area contributed by atoms with Gasteiger partial charge in [0.1, 0.15) is 0 Å². The smallest absolute Gasteiger partial charge is 0.270 e. The first-order valence-electron chi connectivity index (χ1n) is 8.66. The van der Waals surface area contributed by atoms with Gasteiger partial charge >= 0.3 is 0 Å². The summed E-state index contributed by atoms with van der Waals surface area (Å²) in [5, 5.41) is 19.5. The molecule has 0 aliphatic heterocycles. The second-order valence-corrected chi connectivity index (χ2v) is 7.96. The van der Waals surface area contributed by atoms with E-state index in [1.807, 2.05) is 60.7 Å². The van der Waals surface area contributed by atoms with Crippen LogP contribution in [0.3, 0.4) is 0 Å². The van der Waals surface area contributed by atoms with Gasteiger partial charge in [-0.15, -0.1) is 5.10 Å². The Bertz CT molecular complexity index is 1030. The molecule has 0 atom stereocenters. The van der Waals surface area contributed by atoms with Gasteiger partial charge in [0.15, 0.2) is 5.17 Å². The highest BCUT2D eigenvalue weighted by atomic mass is 32.2. The fraction of sp³-hybridized carbons (Fsp3) is 0.0476. The zero-order chi connectivity index (χ0) is 20.5. The molecule has 0 aliphatic rings. The molecule has 6 nitrogen and oxygen atoms in total. The Morgan fingerprint density at radius 2 is 1.72 bits per heavy atom. The van der Waals surface area contributed by atoms with E-state index in [1.54, 1.807) is 6.07 Å². The van der Waals surface area contributed by atoms with Gasteiger partial charge in [0.2, 0.25) is 0 Å². The molecule has 0 aliphatic carbocycles. The second-order valence-electron chi connectivity index (χ2n) is 5.85. The predicted molar refractivity (Wildman–Crippen MR) is 121 cm³/mol. The number of rotatable bonds is 7. The van der Waals surface area contributed by atoms with Crippen LogP contribution in [0.5, 0.6) is 0 Å². The third-order valence-corrected chi connectivity index (χ3v) is 5.71. The first-order chi connectivity index (χ1) is 14.1. The van der Waals surface area contributed by atoms with Crippen LogP contribution in [0, 0.1) is 10.1 Å². The standard InChI is InChI=1S/C21H18N4O2S2/c22-21(28-15-16-7-3-1-4-8-16)24-23-14-17-13-18(25(26)27)11-12-20(17)29-19-9-5-2-6-10-19/h1-14H,15H2,(H2,22,24). The zero-order valence-corrected chi connectivity index (χ0v) is 17.0. The minimum absolute atomic E-state index is 0.000680. The van der Waals surface area contributed by atoms with Gasteiger partial charge in [0.05, 0.1) is 11.1 Å². The molecule has 0 saturated carbocycles. The summed E-state index contributed by atoms with van der Waals surface area (Å²) in [6.45, 7) is 0. The normalized spacial score (nSPS) is 11.7. The molecule has 0 bridgehead atoms. The molecule has 146 valence electrons. The second kappa shape index (κ2) is 10.4. The summed E-state index contributed by atoms with van der Waals surface area (Å²) in [4.78, 5) is 12.6. The van der Waals surface area contributed by atoms with Crippen molar-refractivity contribution in [3.8, 4) is 0 Å². The Hall–Kier alpha value is -3.10. The third-order valence-electron chi connectivity index (χ3n) is 3.76. The third kappa shape index (κ3) is 6.48. The number of nitrogens with zero attached hydrogens (tertiary/aromatic N) is 3. The number of benzene rings is 3. The molecule has 2 N–H and O–H groups in total. The van der Waals surface area contributed by atoms with E-state index >= 15 is 0 Å². The van der Waals surface area contributed by atoms with Gasteiger partial charge in [-0.25, -0.2) is 0 Å². The van der Waals surface area contributed by atoms with Crippen LogP contribution in [-0.4, -0.2) is 16.3 Å². The number of nitro groups is 1. The van der Waals surface area contributed by atoms with Crippen LogP contribution in [-0.2, 0) is 5.75 Å². The van der Waals surface area contributed by atoms with Crippen LogP contribution in [0.2, 0.25) is 0 Å². The molecule has 0 fully saturated rings. The highest BCUT2D eigenvalue weighted by molar-refractivity contribution is 8.13. The van der Waals surface area contributed by atoms with Gasteiger partial charge in [-0.1, -0.05) is 72.1 Å². The number of non-ortho nitro benzene ring substituents is 1. The Morgan fingerprint density at radius 3 is 2.41 bits per heavy atom. The molecule has 0 amide bonds. The number of hydrogen-bond acceptors (Lipinski definition) is 6. The van der Waals surface area contributed by atoms with Crippen molar-refractivity contribution in [2.75, 3.05) is 0 Å². The monoisotopic (exact) mass is 422 g/mol. The van der Waals surface area contributed by atoms with Crippen LogP contribution in [0.15, 0.2) is 98.9 Å². The summed E-state index contributed by atoms with van der Waals surface area (Å²) in [6, 6.07) is 24.4. The van der Waals surface area contributed by atoms with Crippen molar-refractivity contribution in [1.29, 1.82) is 0 Å². The highest BCUT2D eigenvalue weighted by Gasteiger charge is 2.11. The van der Waals surface area contributed by atoms with Gasteiger partial charge in [0.25, 0.3) is 5.69 Å². The van der Waals surface area contributed by atoms with Crippen LogP contribution in [0.25, 0.3) is 0 Å². The van der Waals surface area contributed by atoms with Crippen molar-refractivity contribution >= 4 is 40.6 Å². The number of thioether (sulfide) groups is 1. The quantitative estimate of drug-likeness (QED) is 0.240. The summed E-state index contributed by atoms with van der Waals surface area (Å²) in [6.07, 6.45) is 1.49. The van der Waals surface area contributed by atoms with Crippen molar-refractivity contribution < 1.29 is 4.92 Å². The zero-order valence-electron chi connectivity index (χ0n) is 15.3. The number of nitro benzene ring substituents is 1. The summed E-state index contributed by atoms with van der Waals surface area (Å²) >= 11 is 2.88. The van der Waals surface area contributed by atoms with Gasteiger partial charge in [0, 0.05) is 33.2 Å². The van der Waals surface area contributed by atoms with Gasteiger partial charge in [-0.3, -0.25) is 10.1 Å². The first-order valence-corrected chi connectivity index (χ1v) is 10.5. The largest absolute Gasteiger partial charge is 0.377 e. The molecule has 0 aromatic heterocycles. The van der Waals surface area contributed by atoms with E-state index in [9.17, 15) is 10.1 Å². The van der Waals surface area contributed by atoms with E-state index in [-0.39, 0.29) is 5.69 Å². The van der Waals surface area contributed by atoms with Crippen molar-refractivity contribution in [2.24, 2.45) is 15.9 Å². The van der Waals surface area contributed by atoms with Crippen LogP contribution in [0.4, 0.5) is 5.69 Å². The van der Waals surface area contributed by atoms with E-state index in [2.05, 4.69) is 10.2 Å². The molecule has 0 radical (unpaired) electrons. The summed E-state index contributed by atoms with van der Waals surface area (Å²) in [5.41, 5.74) is 7.66. The lowest BCUT2D eigenvalue weighted by atomic mass is 10.2. The molecule has 0 heterocycles. The molecular weight excluding hydrogens is 404 g/mol. The molecule has 3 aromatic carbocycles. The number of amidine groups is 1. The Balaban J connectivity index is 1.74. The molecule has 8 heteroatoms. The van der Waals surface area contributed by atoms with E-state index in [0.29, 0.717) is 16.5 Å². The van der Waals surface area contributed by atoms with Crippen LogP contribution >= 0.6 is 23.5 Å². The van der Waals surface area contributed by atoms with E-state index < -0.39 is 4.92 Å². The van der Waals surface area contributed by atoms with Crippen molar-refractivity contribution in [1.82, 2.24) is 0 Å². The average molecular weight is 423 g/mol. The molecular formula is C21H18N4O2S2. The Morgan fingerprint density at radius 1 is 1.03 bits per heavy atom. The van der Waals surface area contributed by atoms with Gasteiger partial charge in [-0.05, 0) is 23.8 Å². The van der Waals surface area contributed by atoms with Crippen molar-refractivity contribution in [3.05, 3.63) is 100 Å². The first kappa shape index (κ1) is 20.6. The summed E-state index contributed by atoms with van der Waals surface area (Å²) < 4.78 is 0. The van der Waals surface area contributed by atoms with Crippen LogP contribution in [0.1, 0.15) is 11.1 Å². The number of hydrogen-bond donors (Lipinski definition) is 1. The highest BCUT2D eigenvalue weighted by Crippen LogP contribution is 2.31. The summed E-state index contributed by atoms with van der Waals surface area (Å²) in [5.74, 6) is 0.692. The molecule has 3 aromatic rings. The summed E-state index contributed by atoms with van der Waals surface area (Å²) in [7, 11) is 0. The molecule has 3 rings (SSSR count). The SMILES string of the molecule is NC(=NN=Cc1cc([N+](=O)[O-])ccc1Sc1ccccc1)SCc1ccccc1. The lowest BCUT2D eigenvalue weighted by Crippen LogP contribution is -2.06. The number of nitrogens with two attached hydrogens (primary N) is 1. The molecule has 0 spiro atoms. The molecule has 0 saturated heterocycles. The van der Waals surface area contributed by atoms with E-state index in [1.165, 1.54) is 41.9 Å². The Labute approximate surface area is 177 Å². The van der Waals surface area contributed by atoms with E-state index in [4.69, 9.17) is 5.73 Å². The van der Waals surface area contributed by atoms with Gasteiger partial charge in [-0.2, -0.15) is 5.10 Å². The maximum absolute atomic E-state index is 11.1. The fourth-order valence-corrected chi connectivity index (χ4v) is 3.89. The van der Waals surface area contributed by atoms with Crippen LogP contribution < -0.4 is 5.73 Å². The predicted octanol–water partition coefficient (Wildman–Crippen LogP) is 5.33. The maximum Gasteiger partial charge on any atom is 0.270 e.